The Morgan fingerprint density at radius 3 is 2.89 bits per heavy atom. The lowest BCUT2D eigenvalue weighted by Crippen LogP contribution is -1.84. The fourth-order valence-electron chi connectivity index (χ4n) is 0.322. The van der Waals surface area contributed by atoms with Crippen LogP contribution in [0.2, 0.25) is 0 Å². The van der Waals surface area contributed by atoms with Crippen LogP contribution in [0.15, 0.2) is 12.3 Å². The Labute approximate surface area is 57.2 Å². The van der Waals surface area contributed by atoms with E-state index in [0.29, 0.717) is 0 Å². The molecule has 0 aliphatic heterocycles. The van der Waals surface area contributed by atoms with Gasteiger partial charge in [-0.3, -0.25) is 4.55 Å². The van der Waals surface area contributed by atoms with E-state index in [0.717, 1.165) is 12.8 Å². The number of allylic oxidation sites excluding steroid dienone is 1. The van der Waals surface area contributed by atoms with E-state index in [4.69, 9.17) is 4.55 Å². The highest BCUT2D eigenvalue weighted by molar-refractivity contribution is 7.74. The minimum atomic E-state index is -2.16. The molecule has 0 aromatic heterocycles. The summed E-state index contributed by atoms with van der Waals surface area (Å²) in [7, 11) is 0. The van der Waals surface area contributed by atoms with Gasteiger partial charge in [-0.05, 0) is 12.5 Å². The van der Waals surface area contributed by atoms with Gasteiger partial charge in [0.2, 0.25) is 0 Å². The van der Waals surface area contributed by atoms with Crippen molar-refractivity contribution in [3.05, 3.63) is 12.3 Å². The largest absolute Gasteiger partial charge is 0.388 e. The van der Waals surface area contributed by atoms with E-state index in [1.165, 1.54) is 6.26 Å². The molecule has 1 N–H and O–H groups in total. The zero-order chi connectivity index (χ0) is 7.11. The van der Waals surface area contributed by atoms with Gasteiger partial charge >= 0.3 is 11.4 Å². The zero-order valence-electron chi connectivity index (χ0n) is 5.24. The number of rotatable bonds is 4. The summed E-state index contributed by atoms with van der Waals surface area (Å²) in [6.45, 7) is 2.01. The fourth-order valence-corrected chi connectivity index (χ4v) is 0.495. The van der Waals surface area contributed by atoms with Crippen molar-refractivity contribution in [3.8, 4) is 0 Å². The Morgan fingerprint density at radius 1 is 1.78 bits per heavy atom. The van der Waals surface area contributed by atoms with Crippen molar-refractivity contribution >= 4 is 11.4 Å². The van der Waals surface area contributed by atoms with Crippen LogP contribution in [0, 0.1) is 0 Å². The summed E-state index contributed by atoms with van der Waals surface area (Å²) in [5, 5.41) is 0. The van der Waals surface area contributed by atoms with Crippen molar-refractivity contribution in [2.75, 3.05) is 0 Å². The number of unbranched alkanes of at least 4 members (excludes halogenated alkanes) is 1. The van der Waals surface area contributed by atoms with Crippen LogP contribution < -0.4 is 0 Å². The van der Waals surface area contributed by atoms with Crippen molar-refractivity contribution in [3.63, 3.8) is 0 Å². The van der Waals surface area contributed by atoms with Gasteiger partial charge in [-0.15, -0.1) is 0 Å². The predicted molar refractivity (Wildman–Crippen MR) is 35.9 cm³/mol. The lowest BCUT2D eigenvalue weighted by molar-refractivity contribution is 0.418. The molecule has 0 heterocycles. The van der Waals surface area contributed by atoms with Crippen LogP contribution in [0.1, 0.15) is 19.8 Å². The normalized spacial score (nSPS) is 14.0. The maximum absolute atomic E-state index is 9.80. The molecule has 4 heteroatoms. The smallest absolute Gasteiger partial charge is 0.356 e. The summed E-state index contributed by atoms with van der Waals surface area (Å²) < 4.78 is 22.0. The molecule has 9 heavy (non-hydrogen) atoms. The Morgan fingerprint density at radius 2 is 2.44 bits per heavy atom. The highest BCUT2D eigenvalue weighted by Gasteiger charge is 1.82. The Bertz CT molecular complexity index is 111. The van der Waals surface area contributed by atoms with Crippen molar-refractivity contribution in [2.24, 2.45) is 0 Å². The molecule has 1 unspecified atom stereocenters. The average Bonchev–Trinajstić information content (AvgIpc) is 1.80. The van der Waals surface area contributed by atoms with Gasteiger partial charge in [-0.2, -0.15) is 4.21 Å². The molecule has 0 bridgehead atoms. The Hall–Kier alpha value is -0.350. The minimum Gasteiger partial charge on any atom is -0.388 e. The summed E-state index contributed by atoms with van der Waals surface area (Å²) in [6, 6.07) is 0. The average molecular weight is 150 g/mol. The molecule has 0 saturated heterocycles. The SMILES string of the molecule is CCCC=COS(=O)O. The molecule has 0 fully saturated rings. The number of hydrogen-bond acceptors (Lipinski definition) is 2. The lowest BCUT2D eigenvalue weighted by atomic mass is 10.3. The van der Waals surface area contributed by atoms with E-state index in [-0.39, 0.29) is 0 Å². The van der Waals surface area contributed by atoms with Gasteiger partial charge in [0.05, 0.1) is 0 Å². The van der Waals surface area contributed by atoms with Crippen LogP contribution in [-0.4, -0.2) is 8.76 Å². The molecule has 0 saturated carbocycles. The highest BCUT2D eigenvalue weighted by atomic mass is 32.2. The second-order valence-corrected chi connectivity index (χ2v) is 2.10. The summed E-state index contributed by atoms with van der Waals surface area (Å²) in [4.78, 5) is 0. The summed E-state index contributed by atoms with van der Waals surface area (Å²) in [5.74, 6) is 0. The van der Waals surface area contributed by atoms with E-state index in [1.54, 1.807) is 6.08 Å². The first-order valence-electron chi connectivity index (χ1n) is 2.70. The second-order valence-electron chi connectivity index (χ2n) is 1.47. The van der Waals surface area contributed by atoms with E-state index in [1.807, 2.05) is 6.92 Å². The first-order chi connectivity index (χ1) is 4.27. The third kappa shape index (κ3) is 7.65. The third-order valence-electron chi connectivity index (χ3n) is 0.689. The Balaban J connectivity index is 3.14. The quantitative estimate of drug-likeness (QED) is 0.487. The summed E-state index contributed by atoms with van der Waals surface area (Å²) in [5.41, 5.74) is 0. The summed E-state index contributed by atoms with van der Waals surface area (Å²) in [6.07, 6.45) is 4.82. The Kier molecular flexibility index (Phi) is 5.56. The monoisotopic (exact) mass is 150 g/mol. The van der Waals surface area contributed by atoms with Gasteiger partial charge in [0.1, 0.15) is 6.26 Å². The van der Waals surface area contributed by atoms with Gasteiger partial charge in [0, 0.05) is 0 Å². The van der Waals surface area contributed by atoms with E-state index >= 15 is 0 Å². The molecule has 3 nitrogen and oxygen atoms in total. The van der Waals surface area contributed by atoms with Crippen LogP contribution in [0.4, 0.5) is 0 Å². The molecule has 0 aliphatic rings. The van der Waals surface area contributed by atoms with Gasteiger partial charge in [-0.1, -0.05) is 13.3 Å². The van der Waals surface area contributed by atoms with E-state index in [2.05, 4.69) is 4.18 Å². The number of hydrogen-bond donors (Lipinski definition) is 1. The highest BCUT2D eigenvalue weighted by Crippen LogP contribution is 1.89. The molecule has 0 amide bonds. The third-order valence-corrected chi connectivity index (χ3v) is 0.965. The standard InChI is InChI=1S/C5H10O3S/c1-2-3-4-5-8-9(6)7/h4-5H,2-3H2,1H3,(H,6,7). The van der Waals surface area contributed by atoms with Gasteiger partial charge < -0.3 is 4.18 Å². The van der Waals surface area contributed by atoms with Crippen LogP contribution in [-0.2, 0) is 15.5 Å². The molecular weight excluding hydrogens is 140 g/mol. The van der Waals surface area contributed by atoms with Gasteiger partial charge in [0.25, 0.3) is 0 Å². The fraction of sp³-hybridized carbons (Fsp3) is 0.600. The molecule has 0 spiro atoms. The molecule has 0 aromatic rings. The second kappa shape index (κ2) is 5.78. The molecule has 0 aliphatic carbocycles. The van der Waals surface area contributed by atoms with Crippen molar-refractivity contribution in [1.29, 1.82) is 0 Å². The van der Waals surface area contributed by atoms with Crippen LogP contribution in [0.3, 0.4) is 0 Å². The van der Waals surface area contributed by atoms with Crippen molar-refractivity contribution in [1.82, 2.24) is 0 Å². The van der Waals surface area contributed by atoms with Gasteiger partial charge in [0.15, 0.2) is 0 Å². The molecule has 1 atom stereocenters. The molecular formula is C5H10O3S. The zero-order valence-corrected chi connectivity index (χ0v) is 6.06. The van der Waals surface area contributed by atoms with E-state index < -0.39 is 11.4 Å². The van der Waals surface area contributed by atoms with Crippen LogP contribution >= 0.6 is 0 Å². The first-order valence-corrected chi connectivity index (χ1v) is 3.73. The maximum Gasteiger partial charge on any atom is 0.356 e. The summed E-state index contributed by atoms with van der Waals surface area (Å²) >= 11 is -2.16. The van der Waals surface area contributed by atoms with Crippen molar-refractivity contribution < 1.29 is 12.9 Å². The molecule has 0 radical (unpaired) electrons. The molecule has 0 rings (SSSR count). The predicted octanol–water partition coefficient (Wildman–Crippen LogP) is 1.45. The lowest BCUT2D eigenvalue weighted by Gasteiger charge is -1.87. The van der Waals surface area contributed by atoms with Gasteiger partial charge in [-0.25, -0.2) is 0 Å². The molecule has 54 valence electrons. The molecule has 0 aromatic carbocycles. The maximum atomic E-state index is 9.80. The van der Waals surface area contributed by atoms with Crippen LogP contribution in [0.5, 0.6) is 0 Å². The van der Waals surface area contributed by atoms with Crippen molar-refractivity contribution in [2.45, 2.75) is 19.8 Å². The first kappa shape index (κ1) is 8.65. The van der Waals surface area contributed by atoms with E-state index in [9.17, 15) is 4.21 Å². The minimum absolute atomic E-state index is 0.872. The topological polar surface area (TPSA) is 46.5 Å². The van der Waals surface area contributed by atoms with Crippen LogP contribution in [0.25, 0.3) is 0 Å².